The molecule has 8 heteroatoms. The Hall–Kier alpha value is -0.890. The molecule has 0 amide bonds. The third-order valence-corrected chi connectivity index (χ3v) is 7.86. The zero-order chi connectivity index (χ0) is 16.3. The van der Waals surface area contributed by atoms with E-state index in [0.717, 1.165) is 51.8 Å². The smallest absolute Gasteiger partial charge is 0.340 e. The number of nitrogens with zero attached hydrogens (tertiary/aromatic N) is 4. The zero-order valence-corrected chi connectivity index (χ0v) is 15.6. The van der Waals surface area contributed by atoms with Crippen molar-refractivity contribution in [3.05, 3.63) is 27.1 Å². The first-order valence-corrected chi connectivity index (χ1v) is 10.0. The molecule has 122 valence electrons. The van der Waals surface area contributed by atoms with Gasteiger partial charge in [-0.2, -0.15) is 4.98 Å². The van der Waals surface area contributed by atoms with Gasteiger partial charge < -0.3 is 9.80 Å². The van der Waals surface area contributed by atoms with Crippen molar-refractivity contribution in [1.29, 1.82) is 0 Å². The van der Waals surface area contributed by atoms with Crippen LogP contribution < -0.4 is 10.6 Å². The van der Waals surface area contributed by atoms with Crippen molar-refractivity contribution in [1.82, 2.24) is 14.5 Å². The number of hydrogen-bond acceptors (Lipinski definition) is 6. The van der Waals surface area contributed by atoms with Gasteiger partial charge in [0.15, 0.2) is 0 Å². The minimum Gasteiger partial charge on any atom is -0.340 e. The molecule has 1 saturated heterocycles. The van der Waals surface area contributed by atoms with E-state index < -0.39 is 0 Å². The van der Waals surface area contributed by atoms with E-state index >= 15 is 0 Å². The molecule has 1 fully saturated rings. The molecule has 1 aromatic heterocycles. The number of aromatic nitrogens is 2. The van der Waals surface area contributed by atoms with Gasteiger partial charge in [-0.05, 0) is 25.6 Å². The van der Waals surface area contributed by atoms with E-state index in [1.54, 1.807) is 33.2 Å². The van der Waals surface area contributed by atoms with E-state index in [2.05, 4.69) is 21.8 Å². The number of benzene rings is 1. The molecule has 1 aromatic carbocycles. The molecule has 0 aliphatic carbocycles. The average molecular weight is 369 g/mol. The summed E-state index contributed by atoms with van der Waals surface area (Å²) in [7, 11) is 7.41. The molecule has 0 radical (unpaired) electrons. The van der Waals surface area contributed by atoms with Gasteiger partial charge in [0.05, 0.1) is 26.2 Å². The van der Waals surface area contributed by atoms with Crippen LogP contribution in [0.5, 0.6) is 0 Å². The minimum absolute atomic E-state index is 0.213. The number of halogens is 1. The lowest BCUT2D eigenvalue weighted by Gasteiger charge is -2.39. The fourth-order valence-corrected chi connectivity index (χ4v) is 6.51. The highest BCUT2D eigenvalue weighted by molar-refractivity contribution is 8.77. The van der Waals surface area contributed by atoms with E-state index in [0.29, 0.717) is 0 Å². The number of rotatable bonds is 0. The number of piperazine rings is 1. The molecule has 2 aromatic rings. The van der Waals surface area contributed by atoms with Crippen molar-refractivity contribution in [2.24, 2.45) is 7.05 Å². The van der Waals surface area contributed by atoms with Crippen molar-refractivity contribution in [2.45, 2.75) is 17.2 Å². The summed E-state index contributed by atoms with van der Waals surface area (Å²) in [6.45, 7) is 4.77. The van der Waals surface area contributed by atoms with Crippen molar-refractivity contribution in [3.8, 4) is 0 Å². The molecular formula is C15H17ClN4OS2. The van der Waals surface area contributed by atoms with Crippen LogP contribution in [0.25, 0.3) is 10.9 Å². The van der Waals surface area contributed by atoms with Crippen LogP contribution in [0.4, 0.5) is 5.82 Å². The molecule has 1 unspecified atom stereocenters. The Kier molecular flexibility index (Phi) is 3.79. The number of anilines is 1. The van der Waals surface area contributed by atoms with E-state index in [9.17, 15) is 4.79 Å². The zero-order valence-electron chi connectivity index (χ0n) is 13.2. The summed E-state index contributed by atoms with van der Waals surface area (Å²) in [4.78, 5) is 22.4. The highest BCUT2D eigenvalue weighted by atomic mass is 35.5. The van der Waals surface area contributed by atoms with Gasteiger partial charge >= 0.3 is 5.69 Å². The second-order valence-electron chi connectivity index (χ2n) is 6.10. The van der Waals surface area contributed by atoms with Crippen LogP contribution in [0.2, 0.25) is 5.02 Å². The molecule has 0 N–H and O–H groups in total. The molecular weight excluding hydrogens is 352 g/mol. The quantitative estimate of drug-likeness (QED) is 0.666. The molecule has 0 spiro atoms. The molecule has 4 rings (SSSR count). The molecule has 5 nitrogen and oxygen atoms in total. The maximum atomic E-state index is 12.4. The summed E-state index contributed by atoms with van der Waals surface area (Å²) in [5.41, 5.74) is 1.69. The fraction of sp³-hybridized carbons (Fsp3) is 0.467. The van der Waals surface area contributed by atoms with E-state index in [1.807, 2.05) is 13.0 Å². The Bertz CT molecular complexity index is 869. The molecule has 1 atom stereocenters. The van der Waals surface area contributed by atoms with Crippen molar-refractivity contribution < 1.29 is 0 Å². The third kappa shape index (κ3) is 2.36. The Morgan fingerprint density at radius 1 is 1.35 bits per heavy atom. The largest absolute Gasteiger partial charge is 0.349 e. The van der Waals surface area contributed by atoms with Crippen LogP contribution in [0.3, 0.4) is 0 Å². The van der Waals surface area contributed by atoms with E-state index in [-0.39, 0.29) is 11.1 Å². The van der Waals surface area contributed by atoms with Crippen LogP contribution in [-0.2, 0) is 7.05 Å². The molecule has 2 aliphatic rings. The second kappa shape index (κ2) is 5.58. The SMILES string of the molecule is Cc1cc2c3c(nc(=O)n2C)N2CCN(C)CC2SSc3c1Cl. The van der Waals surface area contributed by atoms with Crippen LogP contribution in [0.1, 0.15) is 5.56 Å². The van der Waals surface area contributed by atoms with Crippen LogP contribution >= 0.6 is 33.2 Å². The predicted molar refractivity (Wildman–Crippen MR) is 98.8 cm³/mol. The van der Waals surface area contributed by atoms with E-state index in [1.165, 1.54) is 0 Å². The normalized spacial score (nSPS) is 21.4. The van der Waals surface area contributed by atoms with Crippen LogP contribution in [-0.4, -0.2) is 46.5 Å². The minimum atomic E-state index is -0.213. The van der Waals surface area contributed by atoms with Crippen molar-refractivity contribution >= 4 is 49.9 Å². The van der Waals surface area contributed by atoms with Gasteiger partial charge in [0.1, 0.15) is 5.82 Å². The average Bonchev–Trinajstić information content (AvgIpc) is 2.67. The highest BCUT2D eigenvalue weighted by Gasteiger charge is 2.33. The van der Waals surface area contributed by atoms with Crippen molar-refractivity contribution in [2.75, 3.05) is 31.6 Å². The van der Waals surface area contributed by atoms with Gasteiger partial charge in [-0.1, -0.05) is 33.2 Å². The topological polar surface area (TPSA) is 41.4 Å². The van der Waals surface area contributed by atoms with Gasteiger partial charge in [-0.15, -0.1) is 0 Å². The molecule has 23 heavy (non-hydrogen) atoms. The summed E-state index contributed by atoms with van der Waals surface area (Å²) in [6, 6.07) is 2.00. The maximum absolute atomic E-state index is 12.4. The fourth-order valence-electron chi connectivity index (χ4n) is 3.14. The van der Waals surface area contributed by atoms with Gasteiger partial charge in [0.25, 0.3) is 0 Å². The number of hydrogen-bond donors (Lipinski definition) is 0. The standard InChI is InChI=1S/C15H17ClN4OS2/c1-8-6-9-11-13(12(8)16)23-22-10-7-18(2)4-5-20(10)14(11)17-15(21)19(9)3/h6,10H,4-5,7H2,1-3H3. The number of fused-ring (bicyclic) bond motifs is 2. The number of likely N-dealkylation sites (N-methyl/N-ethyl adjacent to an activating group) is 1. The van der Waals surface area contributed by atoms with Crippen molar-refractivity contribution in [3.63, 3.8) is 0 Å². The number of aryl methyl sites for hydroxylation is 2. The maximum Gasteiger partial charge on any atom is 0.349 e. The molecule has 0 bridgehead atoms. The van der Waals surface area contributed by atoms with E-state index in [4.69, 9.17) is 11.6 Å². The summed E-state index contributed by atoms with van der Waals surface area (Å²) in [5, 5.41) is 2.04. The second-order valence-corrected chi connectivity index (χ2v) is 8.86. The summed E-state index contributed by atoms with van der Waals surface area (Å²) in [5.74, 6) is 0.788. The summed E-state index contributed by atoms with van der Waals surface area (Å²) in [6.07, 6.45) is 0. The van der Waals surface area contributed by atoms with Gasteiger partial charge in [0, 0.05) is 26.7 Å². The Morgan fingerprint density at radius 2 is 2.13 bits per heavy atom. The Morgan fingerprint density at radius 3 is 2.91 bits per heavy atom. The van der Waals surface area contributed by atoms with Gasteiger partial charge in [0.2, 0.25) is 0 Å². The Balaban J connectivity index is 2.06. The highest BCUT2D eigenvalue weighted by Crippen LogP contribution is 2.50. The lowest BCUT2D eigenvalue weighted by molar-refractivity contribution is 0.301. The monoisotopic (exact) mass is 368 g/mol. The first-order valence-electron chi connectivity index (χ1n) is 7.45. The lowest BCUT2D eigenvalue weighted by atomic mass is 10.1. The molecule has 0 saturated carbocycles. The summed E-state index contributed by atoms with van der Waals surface area (Å²) >= 11 is 6.59. The Labute approximate surface area is 147 Å². The molecule has 2 aliphatic heterocycles. The van der Waals surface area contributed by atoms with Gasteiger partial charge in [-0.3, -0.25) is 4.57 Å². The lowest BCUT2D eigenvalue weighted by Crippen LogP contribution is -2.50. The first-order chi connectivity index (χ1) is 11.0. The van der Waals surface area contributed by atoms with Crippen LogP contribution in [0.15, 0.2) is 15.8 Å². The predicted octanol–water partition coefficient (Wildman–Crippen LogP) is 2.73. The summed E-state index contributed by atoms with van der Waals surface area (Å²) < 4.78 is 1.62. The first kappa shape index (κ1) is 15.6. The molecule has 3 heterocycles. The third-order valence-electron chi connectivity index (χ3n) is 4.51. The van der Waals surface area contributed by atoms with Crippen LogP contribution in [0, 0.1) is 6.92 Å². The van der Waals surface area contributed by atoms with Gasteiger partial charge in [-0.25, -0.2) is 4.79 Å².